The van der Waals surface area contributed by atoms with E-state index in [0.717, 1.165) is 6.54 Å². The Bertz CT molecular complexity index is 144. The molecule has 0 saturated heterocycles. The van der Waals surface area contributed by atoms with Crippen molar-refractivity contribution >= 4 is 0 Å². The summed E-state index contributed by atoms with van der Waals surface area (Å²) in [6, 6.07) is 1.31. The highest BCUT2D eigenvalue weighted by atomic mass is 15.1. The first kappa shape index (κ1) is 15.9. The van der Waals surface area contributed by atoms with Crippen LogP contribution in [-0.2, 0) is 0 Å². The molecule has 0 amide bonds. The van der Waals surface area contributed by atoms with Crippen molar-refractivity contribution in [2.75, 3.05) is 19.6 Å². The van der Waals surface area contributed by atoms with E-state index in [0.29, 0.717) is 12.1 Å². The first-order valence-electron chi connectivity index (χ1n) is 7.05. The molecule has 0 rings (SSSR count). The zero-order valence-electron chi connectivity index (χ0n) is 12.1. The van der Waals surface area contributed by atoms with Crippen LogP contribution in [0.5, 0.6) is 0 Å². The molecule has 0 aliphatic rings. The molecule has 0 aromatic rings. The molecule has 0 bridgehead atoms. The minimum atomic E-state index is 0.618. The van der Waals surface area contributed by atoms with E-state index in [1.54, 1.807) is 0 Å². The molecule has 0 heterocycles. The average molecular weight is 228 g/mol. The highest BCUT2D eigenvalue weighted by Crippen LogP contribution is 2.04. The second-order valence-electron chi connectivity index (χ2n) is 5.30. The number of nitrogens with zero attached hydrogens (tertiary/aromatic N) is 1. The molecule has 2 heteroatoms. The van der Waals surface area contributed by atoms with Gasteiger partial charge in [-0.05, 0) is 46.3 Å². The first-order chi connectivity index (χ1) is 7.57. The van der Waals surface area contributed by atoms with Crippen molar-refractivity contribution in [1.29, 1.82) is 0 Å². The zero-order chi connectivity index (χ0) is 12.4. The summed E-state index contributed by atoms with van der Waals surface area (Å²) in [4.78, 5) is 2.61. The van der Waals surface area contributed by atoms with Crippen LogP contribution in [0, 0.1) is 0 Å². The van der Waals surface area contributed by atoms with Crippen LogP contribution in [0.3, 0.4) is 0 Å². The van der Waals surface area contributed by atoms with Crippen molar-refractivity contribution in [3.8, 4) is 0 Å². The largest absolute Gasteiger partial charge is 0.314 e. The SMILES string of the molecule is CCCCCN(CCCNC(C)C)C(C)C. The van der Waals surface area contributed by atoms with E-state index in [9.17, 15) is 0 Å². The zero-order valence-corrected chi connectivity index (χ0v) is 12.1. The molecule has 0 radical (unpaired) electrons. The van der Waals surface area contributed by atoms with E-state index in [2.05, 4.69) is 44.8 Å². The first-order valence-corrected chi connectivity index (χ1v) is 7.05. The summed E-state index contributed by atoms with van der Waals surface area (Å²) in [6.07, 6.45) is 5.31. The van der Waals surface area contributed by atoms with Gasteiger partial charge in [0.1, 0.15) is 0 Å². The fourth-order valence-electron chi connectivity index (χ4n) is 1.87. The van der Waals surface area contributed by atoms with E-state index in [1.807, 2.05) is 0 Å². The number of unbranched alkanes of at least 4 members (excludes halogenated alkanes) is 2. The molecule has 16 heavy (non-hydrogen) atoms. The van der Waals surface area contributed by atoms with E-state index in [1.165, 1.54) is 38.8 Å². The molecule has 0 aromatic heterocycles. The average Bonchev–Trinajstić information content (AvgIpc) is 2.21. The normalized spacial score (nSPS) is 12.0. The van der Waals surface area contributed by atoms with Gasteiger partial charge in [-0.1, -0.05) is 33.6 Å². The lowest BCUT2D eigenvalue weighted by Crippen LogP contribution is -2.35. The van der Waals surface area contributed by atoms with Crippen LogP contribution in [0.25, 0.3) is 0 Å². The van der Waals surface area contributed by atoms with Gasteiger partial charge in [-0.25, -0.2) is 0 Å². The lowest BCUT2D eigenvalue weighted by atomic mass is 10.2. The molecule has 2 nitrogen and oxygen atoms in total. The molecule has 98 valence electrons. The molecule has 0 aliphatic heterocycles. The quantitative estimate of drug-likeness (QED) is 0.577. The fraction of sp³-hybridized carbons (Fsp3) is 1.00. The molecule has 0 aromatic carbocycles. The predicted octanol–water partition coefficient (Wildman–Crippen LogP) is 3.28. The summed E-state index contributed by atoms with van der Waals surface area (Å²) >= 11 is 0. The summed E-state index contributed by atoms with van der Waals surface area (Å²) in [6.45, 7) is 15.0. The van der Waals surface area contributed by atoms with Gasteiger partial charge in [-0.3, -0.25) is 0 Å². The predicted molar refractivity (Wildman–Crippen MR) is 74.0 cm³/mol. The van der Waals surface area contributed by atoms with Crippen molar-refractivity contribution in [1.82, 2.24) is 10.2 Å². The Kier molecular flexibility index (Phi) is 10.0. The Morgan fingerprint density at radius 3 is 2.06 bits per heavy atom. The van der Waals surface area contributed by atoms with Crippen LogP contribution in [-0.4, -0.2) is 36.6 Å². The topological polar surface area (TPSA) is 15.3 Å². The second kappa shape index (κ2) is 10.1. The number of nitrogens with one attached hydrogen (secondary N) is 1. The van der Waals surface area contributed by atoms with Crippen LogP contribution in [0.4, 0.5) is 0 Å². The van der Waals surface area contributed by atoms with Crippen molar-refractivity contribution in [3.63, 3.8) is 0 Å². The fourth-order valence-corrected chi connectivity index (χ4v) is 1.87. The Hall–Kier alpha value is -0.0800. The van der Waals surface area contributed by atoms with Gasteiger partial charge < -0.3 is 10.2 Å². The maximum Gasteiger partial charge on any atom is 0.00385 e. The Morgan fingerprint density at radius 2 is 1.56 bits per heavy atom. The van der Waals surface area contributed by atoms with Crippen molar-refractivity contribution in [2.45, 2.75) is 72.4 Å². The van der Waals surface area contributed by atoms with Crippen LogP contribution >= 0.6 is 0 Å². The minimum absolute atomic E-state index is 0.618. The van der Waals surface area contributed by atoms with Gasteiger partial charge in [-0.2, -0.15) is 0 Å². The molecular weight excluding hydrogens is 196 g/mol. The van der Waals surface area contributed by atoms with Crippen LogP contribution in [0.2, 0.25) is 0 Å². The summed E-state index contributed by atoms with van der Waals surface area (Å²) in [7, 11) is 0. The maximum atomic E-state index is 3.48. The third kappa shape index (κ3) is 9.17. The molecule has 0 saturated carbocycles. The summed E-state index contributed by atoms with van der Waals surface area (Å²) in [5.41, 5.74) is 0. The van der Waals surface area contributed by atoms with Crippen molar-refractivity contribution in [2.24, 2.45) is 0 Å². The van der Waals surface area contributed by atoms with Gasteiger partial charge in [0.2, 0.25) is 0 Å². The second-order valence-corrected chi connectivity index (χ2v) is 5.30. The van der Waals surface area contributed by atoms with Gasteiger partial charge in [0, 0.05) is 12.1 Å². The minimum Gasteiger partial charge on any atom is -0.314 e. The Balaban J connectivity index is 3.60. The van der Waals surface area contributed by atoms with Crippen LogP contribution < -0.4 is 5.32 Å². The summed E-state index contributed by atoms with van der Waals surface area (Å²) < 4.78 is 0. The molecule has 0 unspecified atom stereocenters. The smallest absolute Gasteiger partial charge is 0.00385 e. The standard InChI is InChI=1S/C14H32N2/c1-6-7-8-11-16(14(4)5)12-9-10-15-13(2)3/h13-15H,6-12H2,1-5H3. The van der Waals surface area contributed by atoms with Gasteiger partial charge in [0.25, 0.3) is 0 Å². The summed E-state index contributed by atoms with van der Waals surface area (Å²) in [5, 5.41) is 3.48. The van der Waals surface area contributed by atoms with E-state index >= 15 is 0 Å². The number of hydrogen-bond acceptors (Lipinski definition) is 2. The lowest BCUT2D eigenvalue weighted by Gasteiger charge is -2.26. The molecule has 0 spiro atoms. The number of rotatable bonds is 10. The Morgan fingerprint density at radius 1 is 0.938 bits per heavy atom. The van der Waals surface area contributed by atoms with E-state index in [-0.39, 0.29) is 0 Å². The highest BCUT2D eigenvalue weighted by Gasteiger charge is 2.07. The third-order valence-electron chi connectivity index (χ3n) is 2.95. The van der Waals surface area contributed by atoms with Crippen molar-refractivity contribution < 1.29 is 0 Å². The monoisotopic (exact) mass is 228 g/mol. The van der Waals surface area contributed by atoms with E-state index in [4.69, 9.17) is 0 Å². The van der Waals surface area contributed by atoms with Gasteiger partial charge in [0.15, 0.2) is 0 Å². The van der Waals surface area contributed by atoms with Gasteiger partial charge in [0.05, 0.1) is 0 Å². The molecule has 1 N–H and O–H groups in total. The highest BCUT2D eigenvalue weighted by molar-refractivity contribution is 4.64. The molecular formula is C14H32N2. The van der Waals surface area contributed by atoms with Crippen LogP contribution in [0.1, 0.15) is 60.3 Å². The molecule has 0 aliphatic carbocycles. The molecule has 0 fully saturated rings. The Labute approximate surface area is 103 Å². The maximum absolute atomic E-state index is 3.48. The summed E-state index contributed by atoms with van der Waals surface area (Å²) in [5.74, 6) is 0. The third-order valence-corrected chi connectivity index (χ3v) is 2.95. The van der Waals surface area contributed by atoms with Gasteiger partial charge >= 0.3 is 0 Å². The van der Waals surface area contributed by atoms with E-state index < -0.39 is 0 Å². The lowest BCUT2D eigenvalue weighted by molar-refractivity contribution is 0.213. The van der Waals surface area contributed by atoms with Crippen LogP contribution in [0.15, 0.2) is 0 Å². The van der Waals surface area contributed by atoms with Crippen molar-refractivity contribution in [3.05, 3.63) is 0 Å². The number of hydrogen-bond donors (Lipinski definition) is 1. The molecule has 0 atom stereocenters. The van der Waals surface area contributed by atoms with Gasteiger partial charge in [-0.15, -0.1) is 0 Å².